The fraction of sp³-hybridized carbons (Fsp3) is 0.357. The van der Waals surface area contributed by atoms with Gasteiger partial charge in [-0.15, -0.1) is 0 Å². The minimum absolute atomic E-state index is 0.133. The molecule has 2 N–H and O–H groups in total. The van der Waals surface area contributed by atoms with E-state index in [9.17, 15) is 4.79 Å². The molecule has 21 heavy (non-hydrogen) atoms. The van der Waals surface area contributed by atoms with Gasteiger partial charge in [0.15, 0.2) is 5.13 Å². The lowest BCUT2D eigenvalue weighted by Gasteiger charge is -2.15. The lowest BCUT2D eigenvalue weighted by atomic mass is 10.3. The molecule has 7 heteroatoms. The first-order chi connectivity index (χ1) is 10.0. The van der Waals surface area contributed by atoms with Gasteiger partial charge in [-0.2, -0.15) is 0 Å². The van der Waals surface area contributed by atoms with Gasteiger partial charge in [-0.3, -0.25) is 9.78 Å². The zero-order valence-corrected chi connectivity index (χ0v) is 13.2. The molecule has 2 heterocycles. The monoisotopic (exact) mass is 305 g/mol. The molecule has 0 atom stereocenters. The molecule has 0 spiro atoms. The third-order valence-electron chi connectivity index (χ3n) is 3.11. The Morgan fingerprint density at radius 2 is 2.14 bits per heavy atom. The lowest BCUT2D eigenvalue weighted by Crippen LogP contribution is -2.26. The molecule has 0 radical (unpaired) electrons. The van der Waals surface area contributed by atoms with Crippen molar-refractivity contribution in [1.82, 2.24) is 14.9 Å². The number of nitrogen functional groups attached to an aromatic ring is 1. The van der Waals surface area contributed by atoms with Crippen LogP contribution in [0, 0.1) is 0 Å². The maximum absolute atomic E-state index is 12.5. The second-order valence-electron chi connectivity index (χ2n) is 4.71. The number of thiazole rings is 1. The Balaban J connectivity index is 2.14. The zero-order valence-electron chi connectivity index (χ0n) is 12.4. The number of hydrogen-bond acceptors (Lipinski definition) is 6. The van der Waals surface area contributed by atoms with E-state index in [0.717, 1.165) is 17.4 Å². The molecule has 0 aromatic carbocycles. The van der Waals surface area contributed by atoms with Crippen LogP contribution in [-0.2, 0) is 6.54 Å². The minimum Gasteiger partial charge on any atom is -0.382 e. The zero-order chi connectivity index (χ0) is 15.4. The van der Waals surface area contributed by atoms with E-state index >= 15 is 0 Å². The summed E-state index contributed by atoms with van der Waals surface area (Å²) in [6.45, 7) is 3.27. The molecule has 0 fully saturated rings. The van der Waals surface area contributed by atoms with Crippen molar-refractivity contribution in [2.24, 2.45) is 0 Å². The molecule has 112 valence electrons. The molecule has 2 rings (SSSR count). The molecule has 1 amide bonds. The van der Waals surface area contributed by atoms with Gasteiger partial charge in [-0.05, 0) is 19.1 Å². The summed E-state index contributed by atoms with van der Waals surface area (Å²) in [5.74, 6) is 0.152. The Morgan fingerprint density at radius 3 is 2.76 bits per heavy atom. The highest BCUT2D eigenvalue weighted by Gasteiger charge is 2.21. The van der Waals surface area contributed by atoms with E-state index in [1.807, 2.05) is 37.1 Å². The fourth-order valence-electron chi connectivity index (χ4n) is 1.75. The van der Waals surface area contributed by atoms with Crippen molar-refractivity contribution in [3.63, 3.8) is 0 Å². The highest BCUT2D eigenvalue weighted by atomic mass is 32.1. The summed E-state index contributed by atoms with van der Waals surface area (Å²) >= 11 is 1.32. The predicted molar refractivity (Wildman–Crippen MR) is 85.5 cm³/mol. The Morgan fingerprint density at radius 1 is 1.38 bits per heavy atom. The van der Waals surface area contributed by atoms with Crippen molar-refractivity contribution in [2.45, 2.75) is 13.5 Å². The fourth-order valence-corrected chi connectivity index (χ4v) is 2.76. The molecule has 2 aromatic heterocycles. The molecule has 0 saturated carbocycles. The van der Waals surface area contributed by atoms with E-state index < -0.39 is 0 Å². The first-order valence-corrected chi connectivity index (χ1v) is 7.47. The largest absolute Gasteiger partial charge is 0.382 e. The van der Waals surface area contributed by atoms with Crippen LogP contribution in [0.2, 0.25) is 0 Å². The van der Waals surface area contributed by atoms with E-state index in [1.54, 1.807) is 18.1 Å². The van der Waals surface area contributed by atoms with Gasteiger partial charge in [0, 0.05) is 26.8 Å². The summed E-state index contributed by atoms with van der Waals surface area (Å²) in [5, 5.41) is 0.754. The number of amides is 1. The lowest BCUT2D eigenvalue weighted by molar-refractivity contribution is 0.0789. The van der Waals surface area contributed by atoms with E-state index in [0.29, 0.717) is 11.4 Å². The summed E-state index contributed by atoms with van der Waals surface area (Å²) < 4.78 is 0. The van der Waals surface area contributed by atoms with Gasteiger partial charge in [0.2, 0.25) is 0 Å². The molecule has 0 aliphatic carbocycles. The highest BCUT2D eigenvalue weighted by molar-refractivity contribution is 7.18. The van der Waals surface area contributed by atoms with Crippen LogP contribution in [0.4, 0.5) is 10.9 Å². The summed E-state index contributed by atoms with van der Waals surface area (Å²) in [5.41, 5.74) is 6.71. The van der Waals surface area contributed by atoms with Crippen LogP contribution >= 0.6 is 11.3 Å². The van der Waals surface area contributed by atoms with Crippen molar-refractivity contribution < 1.29 is 4.79 Å². The van der Waals surface area contributed by atoms with E-state index in [2.05, 4.69) is 9.97 Å². The Hall–Kier alpha value is -2.15. The standard InChI is InChI=1S/C14H19N5OS/c1-4-18(2)14-17-12(15)11(21-14)13(20)19(3)9-10-7-5-6-8-16-10/h5-8H,4,9,15H2,1-3H3. The number of rotatable bonds is 5. The second kappa shape index (κ2) is 6.53. The van der Waals surface area contributed by atoms with Gasteiger partial charge >= 0.3 is 0 Å². The van der Waals surface area contributed by atoms with Crippen LogP contribution in [-0.4, -0.2) is 41.4 Å². The molecular formula is C14H19N5OS. The minimum atomic E-state index is -0.133. The van der Waals surface area contributed by atoms with Gasteiger partial charge in [0.25, 0.3) is 5.91 Å². The smallest absolute Gasteiger partial charge is 0.267 e. The van der Waals surface area contributed by atoms with Crippen molar-refractivity contribution in [3.8, 4) is 0 Å². The average Bonchev–Trinajstić information content (AvgIpc) is 2.88. The van der Waals surface area contributed by atoms with Gasteiger partial charge in [0.1, 0.15) is 10.7 Å². The molecule has 0 aliphatic rings. The van der Waals surface area contributed by atoms with Crippen LogP contribution in [0.5, 0.6) is 0 Å². The summed E-state index contributed by atoms with van der Waals surface area (Å²) in [6.07, 6.45) is 1.71. The van der Waals surface area contributed by atoms with Crippen LogP contribution in [0.1, 0.15) is 22.3 Å². The Bertz CT molecular complexity index is 613. The maximum atomic E-state index is 12.5. The molecule has 0 unspecified atom stereocenters. The quantitative estimate of drug-likeness (QED) is 0.912. The average molecular weight is 305 g/mol. The van der Waals surface area contributed by atoms with Gasteiger partial charge in [0.05, 0.1) is 12.2 Å². The maximum Gasteiger partial charge on any atom is 0.267 e. The molecule has 0 bridgehead atoms. The number of carbonyl (C=O) groups excluding carboxylic acids is 1. The summed E-state index contributed by atoms with van der Waals surface area (Å²) in [6, 6.07) is 5.63. The number of hydrogen-bond donors (Lipinski definition) is 1. The highest BCUT2D eigenvalue weighted by Crippen LogP contribution is 2.28. The number of nitrogens with two attached hydrogens (primary N) is 1. The number of carbonyl (C=O) groups is 1. The normalized spacial score (nSPS) is 10.4. The first kappa shape index (κ1) is 15.2. The molecule has 2 aromatic rings. The van der Waals surface area contributed by atoms with Crippen molar-refractivity contribution in [1.29, 1.82) is 0 Å². The summed E-state index contributed by atoms with van der Waals surface area (Å²) in [4.78, 5) is 25.0. The molecule has 0 aliphatic heterocycles. The number of pyridine rings is 1. The third kappa shape index (κ3) is 3.49. The molecule has 0 saturated heterocycles. The number of nitrogens with zero attached hydrogens (tertiary/aromatic N) is 4. The third-order valence-corrected chi connectivity index (χ3v) is 4.28. The summed E-state index contributed by atoms with van der Waals surface area (Å²) in [7, 11) is 3.66. The van der Waals surface area contributed by atoms with Gasteiger partial charge in [-0.1, -0.05) is 17.4 Å². The number of aromatic nitrogens is 2. The topological polar surface area (TPSA) is 75.4 Å². The van der Waals surface area contributed by atoms with Gasteiger partial charge in [-0.25, -0.2) is 4.98 Å². The SMILES string of the molecule is CCN(C)c1nc(N)c(C(=O)N(C)Cc2ccccn2)s1. The van der Waals surface area contributed by atoms with E-state index in [4.69, 9.17) is 5.73 Å². The molecule has 6 nitrogen and oxygen atoms in total. The second-order valence-corrected chi connectivity index (χ2v) is 5.68. The van der Waals surface area contributed by atoms with Crippen molar-refractivity contribution in [3.05, 3.63) is 35.0 Å². The molecular weight excluding hydrogens is 286 g/mol. The van der Waals surface area contributed by atoms with Crippen molar-refractivity contribution >= 4 is 28.2 Å². The van der Waals surface area contributed by atoms with E-state index in [-0.39, 0.29) is 11.7 Å². The van der Waals surface area contributed by atoms with Crippen LogP contribution in [0.25, 0.3) is 0 Å². The predicted octanol–water partition coefficient (Wildman–Crippen LogP) is 1.85. The van der Waals surface area contributed by atoms with Crippen LogP contribution in [0.15, 0.2) is 24.4 Å². The van der Waals surface area contributed by atoms with Crippen LogP contribution in [0.3, 0.4) is 0 Å². The van der Waals surface area contributed by atoms with E-state index in [1.165, 1.54) is 11.3 Å². The Kier molecular flexibility index (Phi) is 4.74. The Labute approximate surface area is 128 Å². The number of anilines is 2. The van der Waals surface area contributed by atoms with Gasteiger partial charge < -0.3 is 15.5 Å². The van der Waals surface area contributed by atoms with Crippen molar-refractivity contribution in [2.75, 3.05) is 31.3 Å². The first-order valence-electron chi connectivity index (χ1n) is 6.65. The van der Waals surface area contributed by atoms with Crippen LogP contribution < -0.4 is 10.6 Å².